The molecule has 2 aromatic carbocycles. The van der Waals surface area contributed by atoms with E-state index in [9.17, 15) is 4.79 Å². The second kappa shape index (κ2) is 15.2. The molecular formula is C23H33Cl2N3O3. The van der Waals surface area contributed by atoms with Gasteiger partial charge >= 0.3 is 0 Å². The molecule has 1 saturated heterocycles. The van der Waals surface area contributed by atoms with Gasteiger partial charge in [-0.1, -0.05) is 60.7 Å². The predicted octanol–water partition coefficient (Wildman–Crippen LogP) is 2.76. The van der Waals surface area contributed by atoms with Crippen LogP contribution in [0.15, 0.2) is 60.7 Å². The normalized spacial score (nSPS) is 14.6. The van der Waals surface area contributed by atoms with Gasteiger partial charge in [0.1, 0.15) is 6.61 Å². The van der Waals surface area contributed by atoms with Crippen molar-refractivity contribution < 1.29 is 14.3 Å². The van der Waals surface area contributed by atoms with Crippen LogP contribution in [-0.4, -0.2) is 74.9 Å². The molecule has 31 heavy (non-hydrogen) atoms. The summed E-state index contributed by atoms with van der Waals surface area (Å²) in [5, 5.41) is 0. The molecular weight excluding hydrogens is 437 g/mol. The number of nitrogens with two attached hydrogens (primary N) is 1. The molecule has 0 bridgehead atoms. The summed E-state index contributed by atoms with van der Waals surface area (Å²) in [6, 6.07) is 21.8. The molecule has 1 fully saturated rings. The minimum absolute atomic E-state index is 0. The second-order valence-electron chi connectivity index (χ2n) is 7.23. The van der Waals surface area contributed by atoms with Gasteiger partial charge in [0.15, 0.2) is 0 Å². The van der Waals surface area contributed by atoms with E-state index in [2.05, 4.69) is 70.5 Å². The molecule has 3 rings (SSSR count). The van der Waals surface area contributed by atoms with Gasteiger partial charge in [-0.2, -0.15) is 0 Å². The van der Waals surface area contributed by atoms with E-state index < -0.39 is 5.91 Å². The Labute approximate surface area is 197 Å². The summed E-state index contributed by atoms with van der Waals surface area (Å²) in [7, 11) is 0. The number of carbonyl (C=O) groups is 1. The smallest absolute Gasteiger partial charge is 0.243 e. The fourth-order valence-electron chi connectivity index (χ4n) is 3.72. The summed E-state index contributed by atoms with van der Waals surface area (Å²) in [6.07, 6.45) is 0. The zero-order chi connectivity index (χ0) is 20.3. The number of amides is 1. The average molecular weight is 470 g/mol. The van der Waals surface area contributed by atoms with Crippen LogP contribution in [0.4, 0.5) is 0 Å². The first-order chi connectivity index (χ1) is 14.2. The molecule has 2 N–H and O–H groups in total. The van der Waals surface area contributed by atoms with Crippen molar-refractivity contribution in [3.05, 3.63) is 71.8 Å². The first kappa shape index (κ1) is 27.4. The quantitative estimate of drug-likeness (QED) is 0.512. The van der Waals surface area contributed by atoms with Gasteiger partial charge in [0.25, 0.3) is 0 Å². The van der Waals surface area contributed by atoms with Crippen LogP contribution in [-0.2, 0) is 14.3 Å². The third-order valence-corrected chi connectivity index (χ3v) is 5.17. The third kappa shape index (κ3) is 9.15. The Kier molecular flexibility index (Phi) is 13.4. The molecule has 0 radical (unpaired) electrons. The highest BCUT2D eigenvalue weighted by molar-refractivity contribution is 5.85. The number of ether oxygens (including phenoxy) is 2. The minimum Gasteiger partial charge on any atom is -0.378 e. The Morgan fingerprint density at radius 3 is 1.84 bits per heavy atom. The molecule has 1 aliphatic heterocycles. The SMILES string of the molecule is Cl.Cl.NC(=O)COCCOCCN1CCN(C(c2ccccc2)c2ccccc2)CC1. The summed E-state index contributed by atoms with van der Waals surface area (Å²) >= 11 is 0. The van der Waals surface area contributed by atoms with E-state index in [1.54, 1.807) is 0 Å². The number of halogens is 2. The van der Waals surface area contributed by atoms with Crippen LogP contribution in [0.3, 0.4) is 0 Å². The highest BCUT2D eigenvalue weighted by atomic mass is 35.5. The van der Waals surface area contributed by atoms with Gasteiger partial charge < -0.3 is 15.2 Å². The summed E-state index contributed by atoms with van der Waals surface area (Å²) in [4.78, 5) is 15.6. The second-order valence-corrected chi connectivity index (χ2v) is 7.23. The van der Waals surface area contributed by atoms with Crippen LogP contribution in [0.2, 0.25) is 0 Å². The van der Waals surface area contributed by atoms with E-state index in [-0.39, 0.29) is 31.4 Å². The summed E-state index contributed by atoms with van der Waals surface area (Å²) < 4.78 is 10.7. The Hall–Kier alpha value is -1.67. The van der Waals surface area contributed by atoms with E-state index >= 15 is 0 Å². The van der Waals surface area contributed by atoms with Crippen molar-refractivity contribution in [2.24, 2.45) is 5.73 Å². The molecule has 172 valence electrons. The lowest BCUT2D eigenvalue weighted by Crippen LogP contribution is -2.48. The number of primary amides is 1. The molecule has 1 amide bonds. The maximum Gasteiger partial charge on any atom is 0.243 e. The fraction of sp³-hybridized carbons (Fsp3) is 0.435. The molecule has 0 unspecified atom stereocenters. The maximum absolute atomic E-state index is 10.6. The lowest BCUT2D eigenvalue weighted by Gasteiger charge is -2.39. The first-order valence-electron chi connectivity index (χ1n) is 10.2. The van der Waals surface area contributed by atoms with E-state index in [1.807, 2.05) is 0 Å². The van der Waals surface area contributed by atoms with Crippen LogP contribution in [0.1, 0.15) is 17.2 Å². The lowest BCUT2D eigenvalue weighted by atomic mass is 9.96. The van der Waals surface area contributed by atoms with Crippen molar-refractivity contribution in [1.29, 1.82) is 0 Å². The van der Waals surface area contributed by atoms with E-state index in [4.69, 9.17) is 15.2 Å². The topological polar surface area (TPSA) is 68.0 Å². The van der Waals surface area contributed by atoms with Crippen LogP contribution in [0.5, 0.6) is 0 Å². The van der Waals surface area contributed by atoms with Gasteiger partial charge in [0.2, 0.25) is 5.91 Å². The number of nitrogens with zero attached hydrogens (tertiary/aromatic N) is 2. The minimum atomic E-state index is -0.452. The molecule has 2 aromatic rings. The summed E-state index contributed by atoms with van der Waals surface area (Å²) in [5.41, 5.74) is 7.70. The number of rotatable bonds is 11. The summed E-state index contributed by atoms with van der Waals surface area (Å²) in [5.74, 6) is -0.452. The van der Waals surface area contributed by atoms with Crippen LogP contribution in [0.25, 0.3) is 0 Å². The van der Waals surface area contributed by atoms with Crippen molar-refractivity contribution in [2.45, 2.75) is 6.04 Å². The highest BCUT2D eigenvalue weighted by Crippen LogP contribution is 2.29. The Balaban J connectivity index is 0.00000240. The first-order valence-corrected chi connectivity index (χ1v) is 10.2. The number of hydrogen-bond donors (Lipinski definition) is 1. The van der Waals surface area contributed by atoms with Gasteiger partial charge in [-0.15, -0.1) is 24.8 Å². The number of hydrogen-bond acceptors (Lipinski definition) is 5. The number of benzene rings is 2. The molecule has 8 heteroatoms. The summed E-state index contributed by atoms with van der Waals surface area (Å²) in [6.45, 7) is 6.51. The fourth-order valence-corrected chi connectivity index (χ4v) is 3.72. The van der Waals surface area contributed by atoms with Crippen molar-refractivity contribution >= 4 is 30.7 Å². The van der Waals surface area contributed by atoms with Crippen LogP contribution < -0.4 is 5.73 Å². The lowest BCUT2D eigenvalue weighted by molar-refractivity contribution is -0.123. The average Bonchev–Trinajstić information content (AvgIpc) is 2.76. The van der Waals surface area contributed by atoms with Gasteiger partial charge in [-0.3, -0.25) is 14.6 Å². The van der Waals surface area contributed by atoms with Crippen LogP contribution in [0, 0.1) is 0 Å². The van der Waals surface area contributed by atoms with Gasteiger partial charge in [0, 0.05) is 32.7 Å². The Morgan fingerprint density at radius 1 is 0.806 bits per heavy atom. The van der Waals surface area contributed by atoms with Crippen molar-refractivity contribution in [2.75, 3.05) is 59.2 Å². The van der Waals surface area contributed by atoms with Crippen LogP contribution >= 0.6 is 24.8 Å². The van der Waals surface area contributed by atoms with Gasteiger partial charge in [0.05, 0.1) is 25.9 Å². The molecule has 1 heterocycles. The molecule has 0 aromatic heterocycles. The molecule has 0 aliphatic carbocycles. The molecule has 6 nitrogen and oxygen atoms in total. The predicted molar refractivity (Wildman–Crippen MR) is 128 cm³/mol. The molecule has 0 atom stereocenters. The molecule has 0 saturated carbocycles. The molecule has 1 aliphatic rings. The highest BCUT2D eigenvalue weighted by Gasteiger charge is 2.26. The van der Waals surface area contributed by atoms with E-state index in [0.29, 0.717) is 25.9 Å². The van der Waals surface area contributed by atoms with E-state index in [1.165, 1.54) is 11.1 Å². The van der Waals surface area contributed by atoms with E-state index in [0.717, 1.165) is 32.7 Å². The van der Waals surface area contributed by atoms with Crippen molar-refractivity contribution in [3.8, 4) is 0 Å². The standard InChI is InChI=1S/C23H31N3O3.2ClH/c24-22(27)19-29-18-17-28-16-15-25-11-13-26(14-12-25)23(20-7-3-1-4-8-20)21-9-5-2-6-10-21;;/h1-10,23H,11-19H2,(H2,24,27);2*1H. The Morgan fingerprint density at radius 2 is 1.32 bits per heavy atom. The van der Waals surface area contributed by atoms with Gasteiger partial charge in [-0.05, 0) is 11.1 Å². The zero-order valence-corrected chi connectivity index (χ0v) is 19.4. The number of piperazine rings is 1. The van der Waals surface area contributed by atoms with Crippen molar-refractivity contribution in [3.63, 3.8) is 0 Å². The molecule has 0 spiro atoms. The van der Waals surface area contributed by atoms with Gasteiger partial charge in [-0.25, -0.2) is 0 Å². The van der Waals surface area contributed by atoms with Crippen molar-refractivity contribution in [1.82, 2.24) is 9.80 Å². The monoisotopic (exact) mass is 469 g/mol. The Bertz CT molecular complexity index is 690. The third-order valence-electron chi connectivity index (χ3n) is 5.17. The largest absolute Gasteiger partial charge is 0.378 e. The zero-order valence-electron chi connectivity index (χ0n) is 17.7. The number of carbonyl (C=O) groups excluding carboxylic acids is 1. The maximum atomic E-state index is 10.6.